The molecule has 0 saturated carbocycles. The Balaban J connectivity index is 1.75. The van der Waals surface area contributed by atoms with Crippen molar-refractivity contribution in [3.05, 3.63) is 57.3 Å². The normalized spacial score (nSPS) is 12.9. The van der Waals surface area contributed by atoms with Gasteiger partial charge in [0, 0.05) is 33.1 Å². The zero-order chi connectivity index (χ0) is 19.8. The lowest BCUT2D eigenvalue weighted by atomic mass is 10.1. The maximum absolute atomic E-state index is 13.2. The fourth-order valence-electron chi connectivity index (χ4n) is 3.32. The number of nitrogen functional groups attached to an aromatic ring is 1. The molecule has 0 unspecified atom stereocenters. The highest BCUT2D eigenvalue weighted by Gasteiger charge is 2.29. The molecule has 2 aromatic heterocycles. The van der Waals surface area contributed by atoms with Gasteiger partial charge in [0.15, 0.2) is 0 Å². The van der Waals surface area contributed by atoms with Crippen LogP contribution in [0.1, 0.15) is 37.4 Å². The van der Waals surface area contributed by atoms with Crippen LogP contribution in [0.2, 0.25) is 0 Å². The molecule has 1 aromatic carbocycles. The van der Waals surface area contributed by atoms with Crippen LogP contribution in [0.25, 0.3) is 10.4 Å². The molecule has 0 fully saturated rings. The van der Waals surface area contributed by atoms with Gasteiger partial charge in [-0.05, 0) is 62.2 Å². The molecule has 1 amide bonds. The summed E-state index contributed by atoms with van der Waals surface area (Å²) in [6.45, 7) is 4.75. The van der Waals surface area contributed by atoms with Crippen molar-refractivity contribution >= 4 is 45.2 Å². The number of amides is 1. The molecule has 0 atom stereocenters. The number of hydrogen-bond donors (Lipinski definition) is 1. The summed E-state index contributed by atoms with van der Waals surface area (Å²) >= 11 is 3.04. The number of carbonyl (C=O) groups is 2. The van der Waals surface area contributed by atoms with E-state index in [-0.39, 0.29) is 11.9 Å². The number of rotatable bonds is 3. The molecule has 0 bridgehead atoms. The van der Waals surface area contributed by atoms with Crippen molar-refractivity contribution in [1.82, 2.24) is 0 Å². The lowest BCUT2D eigenvalue weighted by Crippen LogP contribution is -2.31. The Morgan fingerprint density at radius 1 is 1.18 bits per heavy atom. The van der Waals surface area contributed by atoms with Crippen LogP contribution in [-0.4, -0.2) is 25.0 Å². The molecule has 0 spiro atoms. The Kier molecular flexibility index (Phi) is 4.95. The van der Waals surface area contributed by atoms with E-state index in [0.29, 0.717) is 35.7 Å². The van der Waals surface area contributed by atoms with Crippen molar-refractivity contribution < 1.29 is 14.3 Å². The standard InChI is InChI=1S/C21H20N2O3S2/c1-3-26-21(25)17-11-14-8-9-23(19(24)13-4-6-15(22)7-5-13)20-16(18(14)28-17)10-12(2)27-20/h4-7,10-11H,3,8-9,22H2,1-2H3. The highest BCUT2D eigenvalue weighted by atomic mass is 32.1. The number of ether oxygens (including phenoxy) is 1. The van der Waals surface area contributed by atoms with E-state index in [0.717, 1.165) is 25.9 Å². The third kappa shape index (κ3) is 3.31. The molecule has 2 N–H and O–H groups in total. The van der Waals surface area contributed by atoms with Gasteiger partial charge in [0.05, 0.1) is 6.61 Å². The number of carbonyl (C=O) groups excluding carboxylic acids is 2. The molecule has 144 valence electrons. The summed E-state index contributed by atoms with van der Waals surface area (Å²) in [4.78, 5) is 30.0. The van der Waals surface area contributed by atoms with E-state index in [1.807, 2.05) is 17.9 Å². The van der Waals surface area contributed by atoms with Gasteiger partial charge < -0.3 is 10.5 Å². The first kappa shape index (κ1) is 18.7. The van der Waals surface area contributed by atoms with Crippen molar-refractivity contribution in [3.63, 3.8) is 0 Å². The monoisotopic (exact) mass is 412 g/mol. The van der Waals surface area contributed by atoms with Gasteiger partial charge in [-0.1, -0.05) is 0 Å². The first-order chi connectivity index (χ1) is 13.5. The number of esters is 1. The number of anilines is 2. The quantitative estimate of drug-likeness (QED) is 0.498. The number of thiophene rings is 2. The molecule has 3 heterocycles. The summed E-state index contributed by atoms with van der Waals surface area (Å²) in [6, 6.07) is 11.0. The maximum Gasteiger partial charge on any atom is 0.348 e. The summed E-state index contributed by atoms with van der Waals surface area (Å²) in [5.74, 6) is -0.326. The number of nitrogens with zero attached hydrogens (tertiary/aromatic N) is 1. The Bertz CT molecular complexity index is 1050. The van der Waals surface area contributed by atoms with Crippen LogP contribution in [0.15, 0.2) is 36.4 Å². The largest absolute Gasteiger partial charge is 0.462 e. The molecule has 0 saturated heterocycles. The molecule has 5 nitrogen and oxygen atoms in total. The van der Waals surface area contributed by atoms with Crippen LogP contribution in [0.3, 0.4) is 0 Å². The minimum absolute atomic E-state index is 0.0381. The number of hydrogen-bond acceptors (Lipinski definition) is 6. The number of aryl methyl sites for hydroxylation is 1. The summed E-state index contributed by atoms with van der Waals surface area (Å²) in [5.41, 5.74) is 9.10. The molecule has 7 heteroatoms. The number of nitrogens with two attached hydrogens (primary N) is 1. The number of fused-ring (bicyclic) bond motifs is 3. The van der Waals surface area contributed by atoms with Crippen LogP contribution in [-0.2, 0) is 11.2 Å². The topological polar surface area (TPSA) is 72.6 Å². The summed E-state index contributed by atoms with van der Waals surface area (Å²) in [5, 5.41) is 0.926. The van der Waals surface area contributed by atoms with E-state index in [4.69, 9.17) is 10.5 Å². The molecule has 1 aliphatic rings. The maximum atomic E-state index is 13.2. The molecule has 0 aliphatic carbocycles. The molecular formula is C21H20N2O3S2. The smallest absolute Gasteiger partial charge is 0.348 e. The van der Waals surface area contributed by atoms with Gasteiger partial charge in [-0.2, -0.15) is 0 Å². The lowest BCUT2D eigenvalue weighted by Gasteiger charge is -2.20. The Labute approximate surface area is 171 Å². The number of benzene rings is 1. The second-order valence-corrected chi connectivity index (χ2v) is 8.88. The van der Waals surface area contributed by atoms with E-state index < -0.39 is 0 Å². The minimum Gasteiger partial charge on any atom is -0.462 e. The van der Waals surface area contributed by atoms with Crippen LogP contribution in [0, 0.1) is 6.92 Å². The van der Waals surface area contributed by atoms with Crippen LogP contribution < -0.4 is 10.6 Å². The SMILES string of the molecule is CCOC(=O)c1cc2c(s1)-c1cc(C)sc1N(C(=O)c1ccc(N)cc1)CC2. The van der Waals surface area contributed by atoms with Gasteiger partial charge in [0.1, 0.15) is 9.88 Å². The van der Waals surface area contributed by atoms with E-state index >= 15 is 0 Å². The van der Waals surface area contributed by atoms with Gasteiger partial charge in [0.25, 0.3) is 5.91 Å². The van der Waals surface area contributed by atoms with Gasteiger partial charge in [-0.15, -0.1) is 22.7 Å². The van der Waals surface area contributed by atoms with Gasteiger partial charge in [0.2, 0.25) is 0 Å². The third-order valence-corrected chi connectivity index (χ3v) is 6.88. The fourth-order valence-corrected chi connectivity index (χ4v) is 5.54. The van der Waals surface area contributed by atoms with Crippen molar-refractivity contribution in [3.8, 4) is 10.4 Å². The van der Waals surface area contributed by atoms with Crippen molar-refractivity contribution in [2.75, 3.05) is 23.8 Å². The third-order valence-electron chi connectivity index (χ3n) is 4.62. The van der Waals surface area contributed by atoms with Crippen molar-refractivity contribution in [1.29, 1.82) is 0 Å². The Morgan fingerprint density at radius 2 is 1.93 bits per heavy atom. The van der Waals surface area contributed by atoms with E-state index in [1.54, 1.807) is 42.5 Å². The van der Waals surface area contributed by atoms with Crippen LogP contribution in [0.5, 0.6) is 0 Å². The Hall–Kier alpha value is -2.64. The average molecular weight is 413 g/mol. The van der Waals surface area contributed by atoms with Gasteiger partial charge >= 0.3 is 5.97 Å². The average Bonchev–Trinajstić information content (AvgIpc) is 3.23. The first-order valence-electron chi connectivity index (χ1n) is 9.06. The zero-order valence-electron chi connectivity index (χ0n) is 15.7. The second-order valence-electron chi connectivity index (χ2n) is 6.59. The first-order valence-corrected chi connectivity index (χ1v) is 10.7. The Morgan fingerprint density at radius 3 is 2.64 bits per heavy atom. The predicted octanol–water partition coefficient (Wildman–Crippen LogP) is 4.75. The van der Waals surface area contributed by atoms with E-state index in [9.17, 15) is 9.59 Å². The van der Waals surface area contributed by atoms with Crippen molar-refractivity contribution in [2.24, 2.45) is 0 Å². The molecular weight excluding hydrogens is 392 g/mol. The zero-order valence-corrected chi connectivity index (χ0v) is 17.3. The fraction of sp³-hybridized carbons (Fsp3) is 0.238. The second kappa shape index (κ2) is 7.41. The highest BCUT2D eigenvalue weighted by Crippen LogP contribution is 2.46. The van der Waals surface area contributed by atoms with E-state index in [1.165, 1.54) is 11.3 Å². The lowest BCUT2D eigenvalue weighted by molar-refractivity contribution is 0.0532. The summed E-state index contributed by atoms with van der Waals surface area (Å²) in [6.07, 6.45) is 0.687. The molecule has 0 radical (unpaired) electrons. The molecule has 28 heavy (non-hydrogen) atoms. The summed E-state index contributed by atoms with van der Waals surface area (Å²) in [7, 11) is 0. The van der Waals surface area contributed by atoms with E-state index in [2.05, 4.69) is 6.07 Å². The van der Waals surface area contributed by atoms with Crippen molar-refractivity contribution in [2.45, 2.75) is 20.3 Å². The van der Waals surface area contributed by atoms with Gasteiger partial charge in [-0.3, -0.25) is 9.69 Å². The summed E-state index contributed by atoms with van der Waals surface area (Å²) < 4.78 is 5.16. The highest BCUT2D eigenvalue weighted by molar-refractivity contribution is 7.20. The van der Waals surface area contributed by atoms with Gasteiger partial charge in [-0.25, -0.2) is 4.79 Å². The molecule has 3 aromatic rings. The minimum atomic E-state index is -0.288. The predicted molar refractivity (Wildman–Crippen MR) is 115 cm³/mol. The molecule has 4 rings (SSSR count). The molecule has 1 aliphatic heterocycles. The van der Waals surface area contributed by atoms with Crippen LogP contribution in [0.4, 0.5) is 10.7 Å². The van der Waals surface area contributed by atoms with Crippen LogP contribution >= 0.6 is 22.7 Å².